The molecule has 0 aliphatic carbocycles. The van der Waals surface area contributed by atoms with Gasteiger partial charge in [0.15, 0.2) is 0 Å². The Kier molecular flexibility index (Phi) is 5.56. The molecular weight excluding hydrogens is 321 g/mol. The molecule has 0 aromatic heterocycles. The molecule has 1 aromatic rings. The third kappa shape index (κ3) is 4.50. The minimum atomic E-state index is -0.385. The lowest BCUT2D eigenvalue weighted by atomic mass is 9.93. The summed E-state index contributed by atoms with van der Waals surface area (Å²) in [7, 11) is 0. The summed E-state index contributed by atoms with van der Waals surface area (Å²) in [6, 6.07) is 5.58. The van der Waals surface area contributed by atoms with Crippen LogP contribution in [0.25, 0.3) is 0 Å². The van der Waals surface area contributed by atoms with Gasteiger partial charge in [0.1, 0.15) is 5.82 Å². The molecule has 136 valence electrons. The zero-order valence-electron chi connectivity index (χ0n) is 14.7. The van der Waals surface area contributed by atoms with Gasteiger partial charge in [0.25, 0.3) is 0 Å². The quantitative estimate of drug-likeness (QED) is 0.892. The molecule has 3 amide bonds. The molecule has 25 heavy (non-hydrogen) atoms. The van der Waals surface area contributed by atoms with E-state index in [1.807, 2.05) is 4.90 Å². The summed E-state index contributed by atoms with van der Waals surface area (Å²) in [6.07, 6.45) is 3.76. The van der Waals surface area contributed by atoms with E-state index in [2.05, 4.69) is 12.2 Å². The molecule has 0 spiro atoms. The smallest absolute Gasteiger partial charge is 0.321 e. The van der Waals surface area contributed by atoms with E-state index in [1.165, 1.54) is 12.1 Å². The minimum absolute atomic E-state index is 0.125. The third-order valence-electron chi connectivity index (χ3n) is 5.23. The van der Waals surface area contributed by atoms with E-state index in [1.54, 1.807) is 17.0 Å². The van der Waals surface area contributed by atoms with Gasteiger partial charge in [0.05, 0.1) is 5.92 Å². The van der Waals surface area contributed by atoms with Crippen molar-refractivity contribution in [2.75, 3.05) is 31.5 Å². The van der Waals surface area contributed by atoms with Crippen molar-refractivity contribution in [1.82, 2.24) is 9.80 Å². The molecule has 5 nitrogen and oxygen atoms in total. The van der Waals surface area contributed by atoms with Crippen molar-refractivity contribution in [3.8, 4) is 0 Å². The normalized spacial score (nSPS) is 21.9. The van der Waals surface area contributed by atoms with Crippen molar-refractivity contribution in [3.63, 3.8) is 0 Å². The molecule has 0 unspecified atom stereocenters. The number of rotatable bonds is 2. The summed E-state index contributed by atoms with van der Waals surface area (Å²) < 4.78 is 13.2. The van der Waals surface area contributed by atoms with Gasteiger partial charge < -0.3 is 15.1 Å². The van der Waals surface area contributed by atoms with Crippen LogP contribution in [0.1, 0.15) is 32.6 Å². The van der Waals surface area contributed by atoms with Gasteiger partial charge in [-0.1, -0.05) is 13.0 Å². The van der Waals surface area contributed by atoms with Gasteiger partial charge in [0, 0.05) is 31.9 Å². The Morgan fingerprint density at radius 2 is 1.88 bits per heavy atom. The summed E-state index contributed by atoms with van der Waals surface area (Å²) in [5, 5.41) is 2.72. The van der Waals surface area contributed by atoms with Crippen molar-refractivity contribution >= 4 is 17.6 Å². The SMILES string of the molecule is CC1CCN(C(=O)[C@@H]2CCCN(C(=O)Nc3cccc(F)c3)C2)CC1. The standard InChI is InChI=1S/C19H26FN3O2/c1-14-7-10-22(11-8-14)18(24)15-4-3-9-23(13-15)19(25)21-17-6-2-5-16(20)12-17/h2,5-6,12,14-15H,3-4,7-11,13H2,1H3,(H,21,25)/t15-/m1/s1. The zero-order chi connectivity index (χ0) is 17.8. The van der Waals surface area contributed by atoms with E-state index in [4.69, 9.17) is 0 Å². The van der Waals surface area contributed by atoms with E-state index in [-0.39, 0.29) is 23.7 Å². The molecule has 0 saturated carbocycles. The first-order valence-corrected chi connectivity index (χ1v) is 9.13. The zero-order valence-corrected chi connectivity index (χ0v) is 14.7. The van der Waals surface area contributed by atoms with Crippen molar-refractivity contribution in [1.29, 1.82) is 0 Å². The van der Waals surface area contributed by atoms with Gasteiger partial charge in [0.2, 0.25) is 5.91 Å². The van der Waals surface area contributed by atoms with E-state index >= 15 is 0 Å². The van der Waals surface area contributed by atoms with Crippen LogP contribution in [0.3, 0.4) is 0 Å². The van der Waals surface area contributed by atoms with Gasteiger partial charge in [-0.25, -0.2) is 9.18 Å². The monoisotopic (exact) mass is 347 g/mol. The van der Waals surface area contributed by atoms with Crippen LogP contribution in [0.4, 0.5) is 14.9 Å². The summed E-state index contributed by atoms with van der Waals surface area (Å²) in [6.45, 7) is 4.94. The fourth-order valence-corrected chi connectivity index (χ4v) is 3.62. The van der Waals surface area contributed by atoms with Crippen molar-refractivity contribution in [3.05, 3.63) is 30.1 Å². The fraction of sp³-hybridized carbons (Fsp3) is 0.579. The number of amides is 3. The Hall–Kier alpha value is -2.11. The van der Waals surface area contributed by atoms with Gasteiger partial charge >= 0.3 is 6.03 Å². The molecule has 2 aliphatic rings. The number of carbonyl (C=O) groups excluding carboxylic acids is 2. The minimum Gasteiger partial charge on any atom is -0.342 e. The highest BCUT2D eigenvalue weighted by Crippen LogP contribution is 2.23. The average molecular weight is 347 g/mol. The number of urea groups is 1. The van der Waals surface area contributed by atoms with Crippen molar-refractivity contribution < 1.29 is 14.0 Å². The maximum atomic E-state index is 13.2. The van der Waals surface area contributed by atoms with Crippen molar-refractivity contribution in [2.24, 2.45) is 11.8 Å². The first-order chi connectivity index (χ1) is 12.0. The highest BCUT2D eigenvalue weighted by atomic mass is 19.1. The summed E-state index contributed by atoms with van der Waals surface area (Å²) in [4.78, 5) is 28.8. The highest BCUT2D eigenvalue weighted by Gasteiger charge is 2.32. The number of benzene rings is 1. The average Bonchev–Trinajstić information content (AvgIpc) is 2.62. The first kappa shape index (κ1) is 17.7. The molecule has 2 aliphatic heterocycles. The number of nitrogens with one attached hydrogen (secondary N) is 1. The van der Waals surface area contributed by atoms with Crippen LogP contribution in [-0.2, 0) is 4.79 Å². The third-order valence-corrected chi connectivity index (χ3v) is 5.23. The molecule has 0 bridgehead atoms. The Bertz CT molecular complexity index is 629. The van der Waals surface area contributed by atoms with Crippen LogP contribution in [0, 0.1) is 17.7 Å². The molecule has 2 heterocycles. The van der Waals surface area contributed by atoms with E-state index in [9.17, 15) is 14.0 Å². The second kappa shape index (κ2) is 7.85. The molecular formula is C19H26FN3O2. The molecule has 1 aromatic carbocycles. The van der Waals surface area contributed by atoms with E-state index in [0.29, 0.717) is 24.7 Å². The van der Waals surface area contributed by atoms with Crippen LogP contribution in [0.15, 0.2) is 24.3 Å². The Morgan fingerprint density at radius 1 is 1.12 bits per heavy atom. The Morgan fingerprint density at radius 3 is 2.60 bits per heavy atom. The molecule has 2 fully saturated rings. The number of nitrogens with zero attached hydrogens (tertiary/aromatic N) is 2. The molecule has 6 heteroatoms. The lowest BCUT2D eigenvalue weighted by Gasteiger charge is -2.37. The van der Waals surface area contributed by atoms with Crippen molar-refractivity contribution in [2.45, 2.75) is 32.6 Å². The summed E-state index contributed by atoms with van der Waals surface area (Å²) in [5.41, 5.74) is 0.434. The molecule has 0 radical (unpaired) electrons. The van der Waals surface area contributed by atoms with Gasteiger partial charge in [-0.3, -0.25) is 4.79 Å². The van der Waals surface area contributed by atoms with Crippen LogP contribution in [-0.4, -0.2) is 47.9 Å². The van der Waals surface area contributed by atoms with Crippen LogP contribution >= 0.6 is 0 Å². The fourth-order valence-electron chi connectivity index (χ4n) is 3.62. The second-order valence-corrected chi connectivity index (χ2v) is 7.23. The van der Waals surface area contributed by atoms with E-state index < -0.39 is 0 Å². The van der Waals surface area contributed by atoms with Gasteiger partial charge in [-0.2, -0.15) is 0 Å². The summed E-state index contributed by atoms with van der Waals surface area (Å²) >= 11 is 0. The number of carbonyl (C=O) groups is 2. The number of hydrogen-bond donors (Lipinski definition) is 1. The number of halogens is 1. The van der Waals surface area contributed by atoms with Crippen LogP contribution in [0.2, 0.25) is 0 Å². The molecule has 1 atom stereocenters. The molecule has 1 N–H and O–H groups in total. The number of likely N-dealkylation sites (tertiary alicyclic amines) is 2. The molecule has 3 rings (SSSR count). The molecule has 2 saturated heterocycles. The van der Waals surface area contributed by atoms with Crippen LogP contribution < -0.4 is 5.32 Å². The van der Waals surface area contributed by atoms with Gasteiger partial charge in [-0.05, 0) is 49.8 Å². The van der Waals surface area contributed by atoms with E-state index in [0.717, 1.165) is 38.8 Å². The highest BCUT2D eigenvalue weighted by molar-refractivity contribution is 5.90. The largest absolute Gasteiger partial charge is 0.342 e. The predicted octanol–water partition coefficient (Wildman–Crippen LogP) is 3.33. The number of piperidine rings is 2. The lowest BCUT2D eigenvalue weighted by molar-refractivity contribution is -0.138. The Labute approximate surface area is 148 Å². The maximum Gasteiger partial charge on any atom is 0.321 e. The maximum absolute atomic E-state index is 13.2. The van der Waals surface area contributed by atoms with Crippen LogP contribution in [0.5, 0.6) is 0 Å². The number of hydrogen-bond acceptors (Lipinski definition) is 2. The second-order valence-electron chi connectivity index (χ2n) is 7.23. The lowest BCUT2D eigenvalue weighted by Crippen LogP contribution is -2.49. The Balaban J connectivity index is 1.57. The first-order valence-electron chi connectivity index (χ1n) is 9.13. The predicted molar refractivity (Wildman–Crippen MR) is 94.7 cm³/mol. The number of anilines is 1. The topological polar surface area (TPSA) is 52.7 Å². The van der Waals surface area contributed by atoms with Gasteiger partial charge in [-0.15, -0.1) is 0 Å². The summed E-state index contributed by atoms with van der Waals surface area (Å²) in [5.74, 6) is 0.350.